The van der Waals surface area contributed by atoms with Gasteiger partial charge in [0.2, 0.25) is 0 Å². The molecule has 0 N–H and O–H groups in total. The molecule has 0 bridgehead atoms. The van der Waals surface area contributed by atoms with Crippen LogP contribution in [0.15, 0.2) is 18.2 Å². The molecule has 2 rings (SSSR count). The van der Waals surface area contributed by atoms with E-state index in [-0.39, 0.29) is 12.6 Å². The number of hydrogen-bond acceptors (Lipinski definition) is 3. The van der Waals surface area contributed by atoms with Gasteiger partial charge in [-0.3, -0.25) is 4.79 Å². The Morgan fingerprint density at radius 3 is 3.06 bits per heavy atom. The number of halogens is 1. The van der Waals surface area contributed by atoms with Crippen molar-refractivity contribution in [1.82, 2.24) is 4.90 Å². The molecule has 5 heteroatoms. The highest BCUT2D eigenvalue weighted by atomic mass is 35.5. The number of rotatable bonds is 3. The van der Waals surface area contributed by atoms with Crippen LogP contribution in [-0.4, -0.2) is 37.1 Å². The second kappa shape index (κ2) is 4.61. The number of alkyl halides is 1. The summed E-state index contributed by atoms with van der Waals surface area (Å²) < 4.78 is 10.5. The summed E-state index contributed by atoms with van der Waals surface area (Å²) in [4.78, 5) is 13.5. The zero-order valence-corrected chi connectivity index (χ0v) is 9.66. The summed E-state index contributed by atoms with van der Waals surface area (Å²) in [6.45, 7) is 0.734. The van der Waals surface area contributed by atoms with Crippen LogP contribution >= 0.6 is 11.6 Å². The molecule has 0 fully saturated rings. The third-order valence-corrected chi connectivity index (χ3v) is 2.61. The fraction of sp³-hybridized carbons (Fsp3) is 0.364. The molecule has 0 saturated heterocycles. The van der Waals surface area contributed by atoms with Crippen molar-refractivity contribution in [1.29, 1.82) is 0 Å². The van der Waals surface area contributed by atoms with Crippen molar-refractivity contribution in [2.75, 3.05) is 26.3 Å². The quantitative estimate of drug-likeness (QED) is 0.757. The number of hydrogen-bond donors (Lipinski definition) is 0. The Hall–Kier alpha value is -1.42. The topological polar surface area (TPSA) is 38.8 Å². The minimum atomic E-state index is -0.0513. The highest BCUT2D eigenvalue weighted by Crippen LogP contribution is 2.28. The van der Waals surface area contributed by atoms with Crippen molar-refractivity contribution >= 4 is 17.5 Å². The van der Waals surface area contributed by atoms with E-state index in [1.165, 1.54) is 0 Å². The summed E-state index contributed by atoms with van der Waals surface area (Å²) >= 11 is 5.61. The van der Waals surface area contributed by atoms with E-state index >= 15 is 0 Å². The lowest BCUT2D eigenvalue weighted by atomic mass is 10.1. The minimum Gasteiger partial charge on any atom is -0.497 e. The number of carbonyl (C=O) groups is 1. The van der Waals surface area contributed by atoms with Crippen LogP contribution < -0.4 is 9.47 Å². The van der Waals surface area contributed by atoms with Crippen LogP contribution in [0.2, 0.25) is 0 Å². The Morgan fingerprint density at radius 2 is 2.38 bits per heavy atom. The monoisotopic (exact) mass is 241 g/mol. The van der Waals surface area contributed by atoms with E-state index in [1.807, 2.05) is 0 Å². The molecule has 0 spiro atoms. The van der Waals surface area contributed by atoms with Crippen molar-refractivity contribution in [2.45, 2.75) is 0 Å². The Kier molecular flexibility index (Phi) is 3.19. The first-order chi connectivity index (χ1) is 7.76. The van der Waals surface area contributed by atoms with Crippen LogP contribution in [0.4, 0.5) is 0 Å². The zero-order chi connectivity index (χ0) is 11.5. The molecule has 1 amide bonds. The van der Waals surface area contributed by atoms with Crippen molar-refractivity contribution in [3.63, 3.8) is 0 Å². The van der Waals surface area contributed by atoms with Crippen LogP contribution in [0, 0.1) is 0 Å². The largest absolute Gasteiger partial charge is 0.497 e. The van der Waals surface area contributed by atoms with E-state index in [9.17, 15) is 4.79 Å². The number of ether oxygens (including phenoxy) is 2. The van der Waals surface area contributed by atoms with Gasteiger partial charge in [-0.15, -0.1) is 11.6 Å². The molecule has 1 aromatic rings. The van der Waals surface area contributed by atoms with Crippen molar-refractivity contribution in [2.24, 2.45) is 0 Å². The maximum atomic E-state index is 12.0. The number of carbonyl (C=O) groups excluding carboxylic acids is 1. The standard InChI is InChI=1S/C11H12ClNO3/c1-15-8-2-3-9-10(6-8)16-7-13(5-4-12)11(9)14/h2-3,6H,4-5,7H2,1H3. The van der Waals surface area contributed by atoms with Gasteiger partial charge in [-0.25, -0.2) is 0 Å². The molecular weight excluding hydrogens is 230 g/mol. The molecular formula is C11H12ClNO3. The highest BCUT2D eigenvalue weighted by Gasteiger charge is 2.25. The lowest BCUT2D eigenvalue weighted by Crippen LogP contribution is -2.39. The first-order valence-corrected chi connectivity index (χ1v) is 5.46. The smallest absolute Gasteiger partial charge is 0.260 e. The Balaban J connectivity index is 2.28. The van der Waals surface area contributed by atoms with E-state index in [0.717, 1.165) is 0 Å². The van der Waals surface area contributed by atoms with Gasteiger partial charge in [-0.05, 0) is 12.1 Å². The fourth-order valence-corrected chi connectivity index (χ4v) is 1.77. The third-order valence-electron chi connectivity index (χ3n) is 2.44. The van der Waals surface area contributed by atoms with E-state index in [2.05, 4.69) is 0 Å². The maximum absolute atomic E-state index is 12.0. The average molecular weight is 242 g/mol. The van der Waals surface area contributed by atoms with Gasteiger partial charge in [0.25, 0.3) is 5.91 Å². The van der Waals surface area contributed by atoms with Crippen molar-refractivity contribution < 1.29 is 14.3 Å². The Morgan fingerprint density at radius 1 is 1.56 bits per heavy atom. The van der Waals surface area contributed by atoms with Crippen molar-refractivity contribution in [3.8, 4) is 11.5 Å². The normalized spacial score (nSPS) is 14.4. The van der Waals surface area contributed by atoms with Crippen LogP contribution in [0.1, 0.15) is 10.4 Å². The predicted molar refractivity (Wildman–Crippen MR) is 60.2 cm³/mol. The molecule has 0 aliphatic carbocycles. The van der Waals surface area contributed by atoms with Gasteiger partial charge in [-0.2, -0.15) is 0 Å². The van der Waals surface area contributed by atoms with Crippen LogP contribution in [0.25, 0.3) is 0 Å². The summed E-state index contributed by atoms with van der Waals surface area (Å²) in [5.74, 6) is 1.60. The summed E-state index contributed by atoms with van der Waals surface area (Å²) in [5, 5.41) is 0. The first kappa shape index (κ1) is 11.1. The summed E-state index contributed by atoms with van der Waals surface area (Å²) in [6.07, 6.45) is 0. The second-order valence-electron chi connectivity index (χ2n) is 3.39. The maximum Gasteiger partial charge on any atom is 0.260 e. The SMILES string of the molecule is COc1ccc2c(c1)OCN(CCCl)C2=O. The summed E-state index contributed by atoms with van der Waals surface area (Å²) in [5.41, 5.74) is 0.553. The lowest BCUT2D eigenvalue weighted by Gasteiger charge is -2.28. The third kappa shape index (κ3) is 1.93. The molecule has 0 unspecified atom stereocenters. The van der Waals surface area contributed by atoms with Gasteiger partial charge in [0, 0.05) is 18.5 Å². The average Bonchev–Trinajstić information content (AvgIpc) is 2.32. The minimum absolute atomic E-state index is 0.0513. The summed E-state index contributed by atoms with van der Waals surface area (Å²) in [6, 6.07) is 5.16. The first-order valence-electron chi connectivity index (χ1n) is 4.92. The molecule has 0 saturated carbocycles. The van der Waals surface area contributed by atoms with E-state index in [1.54, 1.807) is 30.2 Å². The number of benzene rings is 1. The molecule has 16 heavy (non-hydrogen) atoms. The molecule has 1 heterocycles. The van der Waals surface area contributed by atoms with E-state index in [4.69, 9.17) is 21.1 Å². The van der Waals surface area contributed by atoms with Crippen LogP contribution in [0.5, 0.6) is 11.5 Å². The molecule has 1 aliphatic heterocycles. The van der Waals surface area contributed by atoms with Gasteiger partial charge in [-0.1, -0.05) is 0 Å². The molecule has 0 aromatic heterocycles. The van der Waals surface area contributed by atoms with E-state index in [0.29, 0.717) is 29.5 Å². The Bertz CT molecular complexity index is 408. The number of methoxy groups -OCH3 is 1. The van der Waals surface area contributed by atoms with Crippen LogP contribution in [0.3, 0.4) is 0 Å². The molecule has 1 aromatic carbocycles. The lowest BCUT2D eigenvalue weighted by molar-refractivity contribution is 0.0539. The van der Waals surface area contributed by atoms with Crippen molar-refractivity contribution in [3.05, 3.63) is 23.8 Å². The second-order valence-corrected chi connectivity index (χ2v) is 3.77. The van der Waals surface area contributed by atoms with Crippen LogP contribution in [-0.2, 0) is 0 Å². The van der Waals surface area contributed by atoms with Gasteiger partial charge in [0.05, 0.1) is 12.7 Å². The Labute approximate surface area is 98.7 Å². The molecule has 1 aliphatic rings. The van der Waals surface area contributed by atoms with Gasteiger partial charge in [0.1, 0.15) is 11.5 Å². The molecule has 86 valence electrons. The fourth-order valence-electron chi connectivity index (χ4n) is 1.57. The summed E-state index contributed by atoms with van der Waals surface area (Å²) in [7, 11) is 1.58. The number of amides is 1. The van der Waals surface area contributed by atoms with Gasteiger partial charge >= 0.3 is 0 Å². The highest BCUT2D eigenvalue weighted by molar-refractivity contribution is 6.18. The molecule has 0 radical (unpaired) electrons. The zero-order valence-electron chi connectivity index (χ0n) is 8.90. The predicted octanol–water partition coefficient (Wildman–Crippen LogP) is 1.73. The van der Waals surface area contributed by atoms with E-state index < -0.39 is 0 Å². The molecule has 0 atom stereocenters. The number of fused-ring (bicyclic) bond motifs is 1. The number of nitrogens with zero attached hydrogens (tertiary/aromatic N) is 1. The molecule has 4 nitrogen and oxygen atoms in total. The van der Waals surface area contributed by atoms with Gasteiger partial charge in [0.15, 0.2) is 6.73 Å². The van der Waals surface area contributed by atoms with Gasteiger partial charge < -0.3 is 14.4 Å².